The topological polar surface area (TPSA) is 63.3 Å². The van der Waals surface area contributed by atoms with E-state index in [0.717, 1.165) is 12.1 Å². The van der Waals surface area contributed by atoms with Crippen LogP contribution in [0.5, 0.6) is 0 Å². The average Bonchev–Trinajstić information content (AvgIpc) is 2.12. The maximum atomic E-state index is 12.8. The molecule has 0 aromatic heterocycles. The first-order valence-electron chi connectivity index (χ1n) is 4.51. The van der Waals surface area contributed by atoms with Gasteiger partial charge in [0.15, 0.2) is 17.5 Å². The van der Waals surface area contributed by atoms with E-state index in [-0.39, 0.29) is 18.4 Å². The molecule has 1 aromatic carbocycles. The van der Waals surface area contributed by atoms with Gasteiger partial charge in [0.05, 0.1) is 6.42 Å². The Balaban J connectivity index is 2.78. The standard InChI is InChI=1S/C10H10F3NO2/c11-7-2-5(3-8(12)10(7)13)1-6(14)4-9(15)16/h2-3,6H,1,4,14H2,(H,15,16)/t6-/m0/s1. The zero-order valence-corrected chi connectivity index (χ0v) is 8.21. The predicted octanol–water partition coefficient (Wildman–Crippen LogP) is 1.45. The van der Waals surface area contributed by atoms with Gasteiger partial charge in [0.25, 0.3) is 0 Å². The number of benzene rings is 1. The van der Waals surface area contributed by atoms with Crippen molar-refractivity contribution in [3.63, 3.8) is 0 Å². The molecule has 0 spiro atoms. The van der Waals surface area contributed by atoms with Crippen LogP contribution in [-0.4, -0.2) is 17.1 Å². The quantitative estimate of drug-likeness (QED) is 0.773. The minimum absolute atomic E-state index is 0.0274. The fourth-order valence-electron chi connectivity index (χ4n) is 1.33. The first kappa shape index (κ1) is 12.5. The monoisotopic (exact) mass is 233 g/mol. The number of hydrogen-bond acceptors (Lipinski definition) is 2. The minimum Gasteiger partial charge on any atom is -0.481 e. The fraction of sp³-hybridized carbons (Fsp3) is 0.300. The zero-order valence-electron chi connectivity index (χ0n) is 8.21. The van der Waals surface area contributed by atoms with E-state index in [4.69, 9.17) is 10.8 Å². The Morgan fingerprint density at radius 1 is 1.31 bits per heavy atom. The normalized spacial score (nSPS) is 12.5. The molecule has 3 nitrogen and oxygen atoms in total. The summed E-state index contributed by atoms with van der Waals surface area (Å²) in [5.41, 5.74) is 5.56. The van der Waals surface area contributed by atoms with E-state index in [9.17, 15) is 18.0 Å². The van der Waals surface area contributed by atoms with Gasteiger partial charge >= 0.3 is 5.97 Å². The Kier molecular flexibility index (Phi) is 3.89. The highest BCUT2D eigenvalue weighted by Crippen LogP contribution is 2.15. The van der Waals surface area contributed by atoms with Gasteiger partial charge in [-0.15, -0.1) is 0 Å². The van der Waals surface area contributed by atoms with Crippen molar-refractivity contribution in [2.75, 3.05) is 0 Å². The van der Waals surface area contributed by atoms with E-state index in [1.807, 2.05) is 0 Å². The molecule has 0 amide bonds. The minimum atomic E-state index is -1.55. The predicted molar refractivity (Wildman–Crippen MR) is 50.2 cm³/mol. The van der Waals surface area contributed by atoms with Crippen molar-refractivity contribution in [3.05, 3.63) is 35.1 Å². The molecule has 16 heavy (non-hydrogen) atoms. The molecule has 0 fully saturated rings. The van der Waals surface area contributed by atoms with Crippen LogP contribution in [0.25, 0.3) is 0 Å². The Bertz CT molecular complexity index is 386. The van der Waals surface area contributed by atoms with Gasteiger partial charge in [-0.05, 0) is 24.1 Å². The lowest BCUT2D eigenvalue weighted by Crippen LogP contribution is -2.26. The van der Waals surface area contributed by atoms with Crippen LogP contribution < -0.4 is 5.73 Å². The van der Waals surface area contributed by atoms with Gasteiger partial charge in [-0.3, -0.25) is 4.79 Å². The summed E-state index contributed by atoms with van der Waals surface area (Å²) >= 11 is 0. The lowest BCUT2D eigenvalue weighted by Gasteiger charge is -2.09. The van der Waals surface area contributed by atoms with Crippen molar-refractivity contribution < 1.29 is 23.1 Å². The Morgan fingerprint density at radius 3 is 2.25 bits per heavy atom. The summed E-state index contributed by atoms with van der Waals surface area (Å²) < 4.78 is 38.1. The molecule has 0 bridgehead atoms. The maximum absolute atomic E-state index is 12.8. The van der Waals surface area contributed by atoms with E-state index in [1.165, 1.54) is 0 Å². The number of carbonyl (C=O) groups is 1. The Hall–Kier alpha value is -1.56. The third-order valence-corrected chi connectivity index (χ3v) is 1.98. The summed E-state index contributed by atoms with van der Waals surface area (Å²) in [5, 5.41) is 8.43. The van der Waals surface area contributed by atoms with Crippen LogP contribution in [0.15, 0.2) is 12.1 Å². The van der Waals surface area contributed by atoms with Gasteiger partial charge in [0.2, 0.25) is 0 Å². The molecule has 1 rings (SSSR count). The second kappa shape index (κ2) is 4.98. The largest absolute Gasteiger partial charge is 0.481 e. The van der Waals surface area contributed by atoms with Gasteiger partial charge in [0.1, 0.15) is 0 Å². The number of carboxylic acid groups (broad SMARTS) is 1. The molecule has 0 heterocycles. The van der Waals surface area contributed by atoms with Crippen molar-refractivity contribution >= 4 is 5.97 Å². The smallest absolute Gasteiger partial charge is 0.304 e. The summed E-state index contributed by atoms with van der Waals surface area (Å²) in [4.78, 5) is 10.3. The van der Waals surface area contributed by atoms with Crippen molar-refractivity contribution in [1.29, 1.82) is 0 Å². The van der Waals surface area contributed by atoms with E-state index in [2.05, 4.69) is 0 Å². The van der Waals surface area contributed by atoms with Crippen LogP contribution in [0.2, 0.25) is 0 Å². The molecule has 3 N–H and O–H groups in total. The molecule has 0 aliphatic carbocycles. The summed E-state index contributed by atoms with van der Waals surface area (Å²) in [6.45, 7) is 0. The third kappa shape index (κ3) is 3.23. The lowest BCUT2D eigenvalue weighted by molar-refractivity contribution is -0.137. The first-order valence-corrected chi connectivity index (χ1v) is 4.51. The SMILES string of the molecule is N[C@H](CC(=O)O)Cc1cc(F)c(F)c(F)c1. The van der Waals surface area contributed by atoms with Crippen molar-refractivity contribution in [2.45, 2.75) is 18.9 Å². The Labute approximate surface area is 89.7 Å². The average molecular weight is 233 g/mol. The number of nitrogens with two attached hydrogens (primary N) is 1. The van der Waals surface area contributed by atoms with E-state index < -0.39 is 29.5 Å². The van der Waals surface area contributed by atoms with Crippen molar-refractivity contribution in [3.8, 4) is 0 Å². The number of halogens is 3. The number of carboxylic acids is 1. The molecule has 6 heteroatoms. The van der Waals surface area contributed by atoms with Crippen LogP contribution in [0.3, 0.4) is 0 Å². The lowest BCUT2D eigenvalue weighted by atomic mass is 10.0. The summed E-state index contributed by atoms with van der Waals surface area (Å²) in [5.74, 6) is -5.26. The van der Waals surface area contributed by atoms with E-state index >= 15 is 0 Å². The van der Waals surface area contributed by atoms with Gasteiger partial charge in [-0.25, -0.2) is 13.2 Å². The molecule has 88 valence electrons. The van der Waals surface area contributed by atoms with Crippen LogP contribution in [-0.2, 0) is 11.2 Å². The number of rotatable bonds is 4. The third-order valence-electron chi connectivity index (χ3n) is 1.98. The highest BCUT2D eigenvalue weighted by molar-refractivity contribution is 5.67. The molecular formula is C10H10F3NO2. The van der Waals surface area contributed by atoms with Crippen molar-refractivity contribution in [1.82, 2.24) is 0 Å². The zero-order chi connectivity index (χ0) is 12.3. The van der Waals surface area contributed by atoms with Crippen LogP contribution >= 0.6 is 0 Å². The van der Waals surface area contributed by atoms with Gasteiger partial charge in [-0.2, -0.15) is 0 Å². The highest BCUT2D eigenvalue weighted by atomic mass is 19.2. The second-order valence-corrected chi connectivity index (χ2v) is 3.44. The molecule has 0 aliphatic heterocycles. The molecule has 0 saturated heterocycles. The molecule has 0 radical (unpaired) electrons. The van der Waals surface area contributed by atoms with Gasteiger partial charge < -0.3 is 10.8 Å². The van der Waals surface area contributed by atoms with Gasteiger partial charge in [0, 0.05) is 6.04 Å². The highest BCUT2D eigenvalue weighted by Gasteiger charge is 2.14. The maximum Gasteiger partial charge on any atom is 0.304 e. The van der Waals surface area contributed by atoms with E-state index in [0.29, 0.717) is 0 Å². The molecule has 0 unspecified atom stereocenters. The first-order chi connectivity index (χ1) is 7.40. The molecule has 1 atom stereocenters. The summed E-state index contributed by atoms with van der Waals surface area (Å²) in [6, 6.07) is 0.849. The Morgan fingerprint density at radius 2 is 1.81 bits per heavy atom. The molecule has 1 aromatic rings. The van der Waals surface area contributed by atoms with Crippen molar-refractivity contribution in [2.24, 2.45) is 5.73 Å². The summed E-state index contributed by atoms with van der Waals surface area (Å²) in [6.07, 6.45) is -0.346. The summed E-state index contributed by atoms with van der Waals surface area (Å²) in [7, 11) is 0. The molecule has 0 saturated carbocycles. The van der Waals surface area contributed by atoms with Crippen LogP contribution in [0.4, 0.5) is 13.2 Å². The van der Waals surface area contributed by atoms with Gasteiger partial charge in [-0.1, -0.05) is 0 Å². The van der Waals surface area contributed by atoms with Crippen LogP contribution in [0.1, 0.15) is 12.0 Å². The second-order valence-electron chi connectivity index (χ2n) is 3.44. The molecule has 0 aliphatic rings. The van der Waals surface area contributed by atoms with Crippen LogP contribution in [0, 0.1) is 17.5 Å². The number of hydrogen-bond donors (Lipinski definition) is 2. The van der Waals surface area contributed by atoms with E-state index in [1.54, 1.807) is 0 Å². The number of aliphatic carboxylic acids is 1. The molecular weight excluding hydrogens is 223 g/mol. The fourth-order valence-corrected chi connectivity index (χ4v) is 1.33.